The number of para-hydroxylation sites is 1. The number of hydrogen-bond acceptors (Lipinski definition) is 3. The molecule has 23 heavy (non-hydrogen) atoms. The Kier molecular flexibility index (Phi) is 3.95. The Morgan fingerprint density at radius 1 is 1.17 bits per heavy atom. The van der Waals surface area contributed by atoms with Crippen LogP contribution in [-0.4, -0.2) is 22.7 Å². The van der Waals surface area contributed by atoms with Crippen LogP contribution in [0.2, 0.25) is 0 Å². The molecule has 2 aliphatic rings. The minimum Gasteiger partial charge on any atom is -0.478 e. The monoisotopic (exact) mass is 308 g/mol. The Morgan fingerprint density at radius 2 is 1.91 bits per heavy atom. The summed E-state index contributed by atoms with van der Waals surface area (Å²) in [7, 11) is 1.76. The molecule has 1 aliphatic carbocycles. The van der Waals surface area contributed by atoms with Crippen LogP contribution in [0.3, 0.4) is 0 Å². The fraction of sp³-hybridized carbons (Fsp3) is 0.111. The van der Waals surface area contributed by atoms with Crippen molar-refractivity contribution in [2.24, 2.45) is 0 Å². The van der Waals surface area contributed by atoms with Gasteiger partial charge >= 0.3 is 5.97 Å². The van der Waals surface area contributed by atoms with E-state index in [2.05, 4.69) is 5.32 Å². The van der Waals surface area contributed by atoms with Crippen LogP contribution < -0.4 is 10.7 Å². The summed E-state index contributed by atoms with van der Waals surface area (Å²) >= 11 is 0. The summed E-state index contributed by atoms with van der Waals surface area (Å²) in [6.45, 7) is 0.371. The van der Waals surface area contributed by atoms with Crippen LogP contribution in [0.15, 0.2) is 59.5 Å². The second-order valence-electron chi connectivity index (χ2n) is 5.24. The Bertz CT molecular complexity index is 885. The van der Waals surface area contributed by atoms with Crippen LogP contribution in [0.5, 0.6) is 0 Å². The smallest absolute Gasteiger partial charge is 0.338 e. The molecule has 0 amide bonds. The van der Waals surface area contributed by atoms with E-state index in [1.165, 1.54) is 12.1 Å². The summed E-state index contributed by atoms with van der Waals surface area (Å²) in [5.41, 5.74) is 2.59. The molecule has 0 fully saturated rings. The molecule has 0 unspecified atom stereocenters. The first-order chi connectivity index (χ1) is 11.1. The van der Waals surface area contributed by atoms with Gasteiger partial charge in [-0.25, -0.2) is 4.79 Å². The number of nitrogens with one attached hydrogen (secondary N) is 1. The lowest BCUT2D eigenvalue weighted by Crippen LogP contribution is -2.20. The molecule has 0 bridgehead atoms. The minimum atomic E-state index is -1.05. The zero-order valence-electron chi connectivity index (χ0n) is 12.6. The predicted molar refractivity (Wildman–Crippen MR) is 88.4 cm³/mol. The summed E-state index contributed by atoms with van der Waals surface area (Å²) in [6.07, 6.45) is 1.86. The predicted octanol–water partition coefficient (Wildman–Crippen LogP) is 2.36. The summed E-state index contributed by atoms with van der Waals surface area (Å²) in [4.78, 5) is 23.5. The minimum absolute atomic E-state index is 0.151. The molecular weight excluding hydrogens is 292 g/mol. The molecule has 1 aliphatic heterocycles. The SMILES string of the molecule is CNCc1c(C(=O)O)c2cc(=O)ccc-2cn1-c1ccccc1. The summed E-state index contributed by atoms with van der Waals surface area (Å²) in [6, 6.07) is 14.0. The second-order valence-corrected chi connectivity index (χ2v) is 5.24. The normalized spacial score (nSPS) is 10.8. The number of rotatable bonds is 4. The summed E-state index contributed by atoms with van der Waals surface area (Å²) in [5, 5.41) is 12.7. The molecular formula is C18H16N2O3. The van der Waals surface area contributed by atoms with Crippen molar-refractivity contribution >= 4 is 5.97 Å². The molecule has 0 saturated heterocycles. The van der Waals surface area contributed by atoms with Crippen LogP contribution in [0, 0.1) is 0 Å². The first kappa shape index (κ1) is 15.0. The van der Waals surface area contributed by atoms with E-state index in [-0.39, 0.29) is 11.0 Å². The van der Waals surface area contributed by atoms with E-state index in [0.29, 0.717) is 23.4 Å². The van der Waals surface area contributed by atoms with Crippen molar-refractivity contribution in [1.29, 1.82) is 0 Å². The van der Waals surface area contributed by atoms with Gasteiger partial charge in [0.25, 0.3) is 0 Å². The van der Waals surface area contributed by atoms with Crippen molar-refractivity contribution in [1.82, 2.24) is 9.88 Å². The lowest BCUT2D eigenvalue weighted by Gasteiger charge is -2.21. The highest BCUT2D eigenvalue weighted by Gasteiger charge is 2.22. The van der Waals surface area contributed by atoms with Crippen molar-refractivity contribution in [2.75, 3.05) is 7.05 Å². The highest BCUT2D eigenvalue weighted by Crippen LogP contribution is 2.29. The largest absolute Gasteiger partial charge is 0.478 e. The van der Waals surface area contributed by atoms with Gasteiger partial charge in [-0.3, -0.25) is 4.79 Å². The molecule has 5 nitrogen and oxygen atoms in total. The number of pyridine rings is 1. The number of benzene rings is 2. The Morgan fingerprint density at radius 3 is 2.57 bits per heavy atom. The molecule has 5 heteroatoms. The summed E-state index contributed by atoms with van der Waals surface area (Å²) < 4.78 is 1.85. The van der Waals surface area contributed by atoms with Crippen LogP contribution in [0.1, 0.15) is 16.1 Å². The third-order valence-corrected chi connectivity index (χ3v) is 3.73. The lowest BCUT2D eigenvalue weighted by molar-refractivity contribution is 0.0695. The van der Waals surface area contributed by atoms with Crippen molar-refractivity contribution < 1.29 is 9.90 Å². The molecule has 0 atom stereocenters. The fourth-order valence-corrected chi connectivity index (χ4v) is 2.76. The van der Waals surface area contributed by atoms with E-state index in [1.54, 1.807) is 13.1 Å². The van der Waals surface area contributed by atoms with Gasteiger partial charge in [0.1, 0.15) is 0 Å². The first-order valence-corrected chi connectivity index (χ1v) is 7.23. The van der Waals surface area contributed by atoms with Crippen molar-refractivity contribution in [3.05, 3.63) is 76.2 Å². The van der Waals surface area contributed by atoms with Gasteiger partial charge in [-0.05, 0) is 42.9 Å². The van der Waals surface area contributed by atoms with Gasteiger partial charge in [0.15, 0.2) is 5.43 Å². The standard InChI is InChI=1S/C18H16N2O3/c1-19-10-16-17(18(22)23)15-9-14(21)8-7-12(15)11-20(16)13-5-3-2-4-6-13/h2-9,11,19H,10H2,1H3,(H,22,23). The van der Waals surface area contributed by atoms with Crippen molar-refractivity contribution in [3.63, 3.8) is 0 Å². The molecule has 1 heterocycles. The van der Waals surface area contributed by atoms with Gasteiger partial charge in [0.05, 0.1) is 11.3 Å². The molecule has 0 saturated carbocycles. The fourth-order valence-electron chi connectivity index (χ4n) is 2.76. The van der Waals surface area contributed by atoms with Crippen LogP contribution in [-0.2, 0) is 6.54 Å². The quantitative estimate of drug-likeness (QED) is 0.776. The second kappa shape index (κ2) is 6.06. The average Bonchev–Trinajstić information content (AvgIpc) is 2.55. The highest BCUT2D eigenvalue weighted by atomic mass is 16.4. The highest BCUT2D eigenvalue weighted by molar-refractivity contribution is 5.97. The van der Waals surface area contributed by atoms with E-state index in [0.717, 1.165) is 5.69 Å². The number of carboxylic acids is 1. The van der Waals surface area contributed by atoms with Gasteiger partial charge in [-0.1, -0.05) is 18.2 Å². The molecule has 1 aromatic rings. The van der Waals surface area contributed by atoms with Crippen molar-refractivity contribution in [3.8, 4) is 16.8 Å². The van der Waals surface area contributed by atoms with Crippen LogP contribution in [0.4, 0.5) is 0 Å². The molecule has 0 radical (unpaired) electrons. The molecule has 116 valence electrons. The third-order valence-electron chi connectivity index (χ3n) is 3.73. The van der Waals surface area contributed by atoms with Gasteiger partial charge in [0.2, 0.25) is 0 Å². The lowest BCUT2D eigenvalue weighted by atomic mass is 9.97. The Hall–Kier alpha value is -2.92. The van der Waals surface area contributed by atoms with E-state index in [1.807, 2.05) is 41.1 Å². The van der Waals surface area contributed by atoms with Crippen molar-refractivity contribution in [2.45, 2.75) is 6.54 Å². The molecule has 1 aromatic carbocycles. The number of aromatic nitrogens is 1. The average molecular weight is 308 g/mol. The maximum atomic E-state index is 11.9. The Labute approximate surface area is 133 Å². The van der Waals surface area contributed by atoms with E-state index in [9.17, 15) is 14.7 Å². The van der Waals surface area contributed by atoms with Crippen LogP contribution >= 0.6 is 0 Å². The molecule has 3 rings (SSSR count). The topological polar surface area (TPSA) is 71.3 Å². The summed E-state index contributed by atoms with van der Waals surface area (Å²) in [5.74, 6) is -1.05. The molecule has 2 N–H and O–H groups in total. The van der Waals surface area contributed by atoms with Gasteiger partial charge in [0, 0.05) is 24.0 Å². The van der Waals surface area contributed by atoms with Gasteiger partial charge in [-0.2, -0.15) is 0 Å². The molecule has 0 spiro atoms. The number of hydrogen-bond donors (Lipinski definition) is 2. The van der Waals surface area contributed by atoms with E-state index < -0.39 is 5.97 Å². The maximum Gasteiger partial charge on any atom is 0.338 e. The number of aromatic carboxylic acids is 1. The third kappa shape index (κ3) is 2.74. The zero-order valence-corrected chi connectivity index (χ0v) is 12.6. The number of nitrogens with zero attached hydrogens (tertiary/aromatic N) is 1. The van der Waals surface area contributed by atoms with E-state index >= 15 is 0 Å². The zero-order chi connectivity index (χ0) is 16.4. The molecule has 0 aromatic heterocycles. The Balaban J connectivity index is 2.42. The maximum absolute atomic E-state index is 11.9. The number of fused-ring (bicyclic) bond motifs is 1. The first-order valence-electron chi connectivity index (χ1n) is 7.23. The van der Waals surface area contributed by atoms with Gasteiger partial charge < -0.3 is 15.0 Å². The number of carbonyl (C=O) groups is 1. The van der Waals surface area contributed by atoms with E-state index in [4.69, 9.17) is 0 Å². The van der Waals surface area contributed by atoms with Gasteiger partial charge in [-0.15, -0.1) is 0 Å². The number of carboxylic acid groups (broad SMARTS) is 1. The van der Waals surface area contributed by atoms with Crippen LogP contribution in [0.25, 0.3) is 16.8 Å².